The number of nitrogens with zero attached hydrogens (tertiary/aromatic N) is 4. The van der Waals surface area contributed by atoms with Gasteiger partial charge in [-0.25, -0.2) is 0 Å². The number of aliphatic hydroxyl groups is 2. The van der Waals surface area contributed by atoms with Gasteiger partial charge in [-0.2, -0.15) is 4.98 Å². The van der Waals surface area contributed by atoms with Gasteiger partial charge in [0.2, 0.25) is 17.6 Å². The minimum atomic E-state index is -1.22. The third-order valence-electron chi connectivity index (χ3n) is 7.05. The van der Waals surface area contributed by atoms with E-state index in [-0.39, 0.29) is 17.9 Å². The summed E-state index contributed by atoms with van der Waals surface area (Å²) >= 11 is 0. The monoisotopic (exact) mass is 478 g/mol. The highest BCUT2D eigenvalue weighted by atomic mass is 16.5. The molecule has 1 saturated heterocycles. The molecule has 8 heteroatoms. The van der Waals surface area contributed by atoms with Crippen LogP contribution in [0.2, 0.25) is 0 Å². The summed E-state index contributed by atoms with van der Waals surface area (Å²) in [5.41, 5.74) is 1.96. The Morgan fingerprint density at radius 2 is 1.89 bits per heavy atom. The number of aliphatic hydroxyl groups excluding tert-OH is 1. The van der Waals surface area contributed by atoms with E-state index in [0.717, 1.165) is 24.2 Å². The van der Waals surface area contributed by atoms with E-state index in [1.54, 1.807) is 7.05 Å². The lowest BCUT2D eigenvalue weighted by Gasteiger charge is -2.56. The van der Waals surface area contributed by atoms with Crippen molar-refractivity contribution in [3.8, 4) is 11.4 Å². The molecule has 1 fully saturated rings. The summed E-state index contributed by atoms with van der Waals surface area (Å²) in [6.07, 6.45) is 0. The number of likely N-dealkylation sites (tertiary alicyclic amines) is 1. The van der Waals surface area contributed by atoms with Gasteiger partial charge in [0.05, 0.1) is 6.54 Å². The summed E-state index contributed by atoms with van der Waals surface area (Å²) in [7, 11) is 3.61. The molecule has 1 atom stereocenters. The van der Waals surface area contributed by atoms with E-state index in [2.05, 4.69) is 55.0 Å². The molecule has 0 radical (unpaired) electrons. The first-order chi connectivity index (χ1) is 16.6. The maximum absolute atomic E-state index is 12.4. The van der Waals surface area contributed by atoms with Gasteiger partial charge in [0.15, 0.2) is 0 Å². The third-order valence-corrected chi connectivity index (χ3v) is 7.05. The highest BCUT2D eigenvalue weighted by molar-refractivity contribution is 5.76. The maximum atomic E-state index is 12.4. The number of hydrogen-bond acceptors (Lipinski definition) is 7. The Morgan fingerprint density at radius 1 is 1.20 bits per heavy atom. The first-order valence-electron chi connectivity index (χ1n) is 11.9. The van der Waals surface area contributed by atoms with Crippen LogP contribution in [0.3, 0.4) is 0 Å². The van der Waals surface area contributed by atoms with Crippen molar-refractivity contribution in [3.63, 3.8) is 0 Å². The van der Waals surface area contributed by atoms with Gasteiger partial charge in [-0.1, -0.05) is 68.4 Å². The van der Waals surface area contributed by atoms with Gasteiger partial charge in [-0.15, -0.1) is 0 Å². The molecule has 1 aliphatic rings. The predicted octanol–water partition coefficient (Wildman–Crippen LogP) is 3.00. The number of amides is 1. The first-order valence-corrected chi connectivity index (χ1v) is 11.9. The summed E-state index contributed by atoms with van der Waals surface area (Å²) < 4.78 is 5.34. The maximum Gasteiger partial charge on any atom is 0.248 e. The van der Waals surface area contributed by atoms with Crippen LogP contribution in [0.4, 0.5) is 0 Å². The molecular formula is C27H34N4O4. The smallest absolute Gasteiger partial charge is 0.248 e. The summed E-state index contributed by atoms with van der Waals surface area (Å²) in [6, 6.07) is 15.9. The van der Waals surface area contributed by atoms with E-state index in [9.17, 15) is 9.90 Å². The second kappa shape index (κ2) is 9.53. The molecule has 186 valence electrons. The highest BCUT2D eigenvalue weighted by Gasteiger charge is 2.55. The van der Waals surface area contributed by atoms with Crippen LogP contribution < -0.4 is 0 Å². The number of rotatable bonds is 8. The Balaban J connectivity index is 1.71. The van der Waals surface area contributed by atoms with Crippen molar-refractivity contribution in [2.24, 2.45) is 5.41 Å². The fraction of sp³-hybridized carbons (Fsp3) is 0.444. The van der Waals surface area contributed by atoms with Crippen LogP contribution in [0, 0.1) is 5.41 Å². The van der Waals surface area contributed by atoms with Crippen molar-refractivity contribution >= 4 is 5.91 Å². The van der Waals surface area contributed by atoms with Gasteiger partial charge in [0.25, 0.3) is 0 Å². The molecule has 3 aromatic rings. The molecule has 2 N–H and O–H groups in total. The molecule has 0 spiro atoms. The summed E-state index contributed by atoms with van der Waals surface area (Å²) in [5.74, 6) is 0.617. The van der Waals surface area contributed by atoms with Gasteiger partial charge < -0.3 is 24.5 Å². The van der Waals surface area contributed by atoms with E-state index in [4.69, 9.17) is 9.63 Å². The van der Waals surface area contributed by atoms with Crippen molar-refractivity contribution < 1.29 is 19.5 Å². The van der Waals surface area contributed by atoms with Gasteiger partial charge >= 0.3 is 0 Å². The van der Waals surface area contributed by atoms with Crippen LogP contribution in [0.25, 0.3) is 11.4 Å². The van der Waals surface area contributed by atoms with Crippen molar-refractivity contribution in [2.45, 2.75) is 38.8 Å². The van der Waals surface area contributed by atoms with Crippen LogP contribution in [0.5, 0.6) is 0 Å². The highest BCUT2D eigenvalue weighted by Crippen LogP contribution is 2.50. The Bertz CT molecular complexity index is 1180. The largest absolute Gasteiger partial charge is 0.387 e. The minimum absolute atomic E-state index is 0.0998. The molecule has 2 aromatic carbocycles. The number of hydrogen-bond donors (Lipinski definition) is 2. The fourth-order valence-electron chi connectivity index (χ4n) is 5.08. The number of benzene rings is 2. The van der Waals surface area contributed by atoms with E-state index < -0.39 is 18.1 Å². The molecular weight excluding hydrogens is 444 g/mol. The van der Waals surface area contributed by atoms with E-state index in [1.807, 2.05) is 36.4 Å². The molecule has 1 aliphatic heterocycles. The molecule has 0 unspecified atom stereocenters. The Morgan fingerprint density at radius 3 is 2.49 bits per heavy atom. The SMILES string of the molecule is CC(C)c1ccc([C@](O)(c2cccc(-c3noc(CN(C)C(=O)CO)n3)c2)C2(C)CN(C)C2)cc1. The van der Waals surface area contributed by atoms with E-state index >= 15 is 0 Å². The normalized spacial score (nSPS) is 17.1. The molecule has 8 nitrogen and oxygen atoms in total. The summed E-state index contributed by atoms with van der Waals surface area (Å²) in [5, 5.41) is 25.5. The molecule has 35 heavy (non-hydrogen) atoms. The molecule has 1 aromatic heterocycles. The van der Waals surface area contributed by atoms with Crippen LogP contribution in [0.1, 0.15) is 49.3 Å². The molecule has 2 heterocycles. The number of carbonyl (C=O) groups is 1. The topological polar surface area (TPSA) is 103 Å². The molecule has 0 saturated carbocycles. The number of likely N-dealkylation sites (N-methyl/N-ethyl adjacent to an activating group) is 1. The average Bonchev–Trinajstić information content (AvgIpc) is 3.30. The van der Waals surface area contributed by atoms with E-state index in [1.165, 1.54) is 10.5 Å². The molecule has 4 rings (SSSR count). The number of aromatic nitrogens is 2. The van der Waals surface area contributed by atoms with Crippen LogP contribution in [0.15, 0.2) is 53.1 Å². The Labute approximate surface area is 206 Å². The van der Waals surface area contributed by atoms with Crippen molar-refractivity contribution in [3.05, 3.63) is 71.1 Å². The predicted molar refractivity (Wildman–Crippen MR) is 132 cm³/mol. The lowest BCUT2D eigenvalue weighted by molar-refractivity contribution is -0.133. The van der Waals surface area contributed by atoms with Crippen molar-refractivity contribution in [1.29, 1.82) is 0 Å². The molecule has 0 bridgehead atoms. The Hall–Kier alpha value is -3.07. The number of carbonyl (C=O) groups excluding carboxylic acids is 1. The van der Waals surface area contributed by atoms with Crippen LogP contribution in [-0.2, 0) is 16.9 Å². The molecule has 1 amide bonds. The second-order valence-electron chi connectivity index (χ2n) is 10.2. The standard InChI is InChI=1S/C27H34N4O4/c1-18(2)19-9-11-21(12-10-19)27(34,26(3)16-30(4)17-26)22-8-6-7-20(13-22)25-28-23(35-29-25)14-31(5)24(33)15-32/h6-13,18,32,34H,14-17H2,1-5H3/t27-/m0/s1. The van der Waals surface area contributed by atoms with Gasteiger partial charge in [-0.3, -0.25) is 4.79 Å². The zero-order valence-electron chi connectivity index (χ0n) is 21.0. The summed E-state index contributed by atoms with van der Waals surface area (Å²) in [6.45, 7) is 7.48. The fourth-order valence-corrected chi connectivity index (χ4v) is 5.08. The lowest BCUT2D eigenvalue weighted by Crippen LogP contribution is -2.63. The van der Waals surface area contributed by atoms with Crippen LogP contribution >= 0.6 is 0 Å². The van der Waals surface area contributed by atoms with E-state index in [0.29, 0.717) is 17.3 Å². The summed E-state index contributed by atoms with van der Waals surface area (Å²) in [4.78, 5) is 19.6. The average molecular weight is 479 g/mol. The zero-order valence-corrected chi connectivity index (χ0v) is 21.0. The first kappa shape index (κ1) is 25.0. The lowest BCUT2D eigenvalue weighted by atomic mass is 9.62. The van der Waals surface area contributed by atoms with Gasteiger partial charge in [0, 0.05) is 31.1 Å². The molecule has 0 aliphatic carbocycles. The van der Waals surface area contributed by atoms with Gasteiger partial charge in [-0.05, 0) is 35.7 Å². The Kier molecular flexibility index (Phi) is 6.81. The minimum Gasteiger partial charge on any atom is -0.387 e. The second-order valence-corrected chi connectivity index (χ2v) is 10.2. The van der Waals surface area contributed by atoms with Crippen molar-refractivity contribution in [2.75, 3.05) is 33.8 Å². The third kappa shape index (κ3) is 4.61. The quantitative estimate of drug-likeness (QED) is 0.513. The van der Waals surface area contributed by atoms with Gasteiger partial charge in [0.1, 0.15) is 12.2 Å². The van der Waals surface area contributed by atoms with Crippen molar-refractivity contribution in [1.82, 2.24) is 19.9 Å². The van der Waals surface area contributed by atoms with Crippen LogP contribution in [-0.4, -0.2) is 69.9 Å². The zero-order chi connectivity index (χ0) is 25.4.